The maximum Gasteiger partial charge on any atom is 0.0431 e. The molecule has 72 valence electrons. The van der Waals surface area contributed by atoms with Crippen molar-refractivity contribution in [2.45, 2.75) is 46.0 Å². The van der Waals surface area contributed by atoms with E-state index in [1.54, 1.807) is 0 Å². The van der Waals surface area contributed by atoms with Crippen LogP contribution < -0.4 is 0 Å². The van der Waals surface area contributed by atoms with E-state index in [1.807, 2.05) is 0 Å². The smallest absolute Gasteiger partial charge is 0.0431 e. The maximum absolute atomic E-state index is 8.61. The number of aliphatic hydroxyl groups excluding tert-OH is 1. The second kappa shape index (κ2) is 8.79. The van der Waals surface area contributed by atoms with Gasteiger partial charge >= 0.3 is 0 Å². The van der Waals surface area contributed by atoms with Crippen molar-refractivity contribution in [3.63, 3.8) is 0 Å². The van der Waals surface area contributed by atoms with Gasteiger partial charge in [-0.15, -0.1) is 0 Å². The fourth-order valence-electron chi connectivity index (χ4n) is 1.25. The zero-order valence-corrected chi connectivity index (χ0v) is 8.42. The van der Waals surface area contributed by atoms with Crippen LogP contribution in [0.5, 0.6) is 0 Å². The van der Waals surface area contributed by atoms with Gasteiger partial charge in [-0.05, 0) is 38.0 Å². The minimum absolute atomic E-state index is 0.342. The Kier molecular flexibility index (Phi) is 8.57. The molecule has 1 N–H and O–H groups in total. The molecule has 0 aromatic rings. The molecule has 0 aromatic heterocycles. The summed E-state index contributed by atoms with van der Waals surface area (Å²) in [5.41, 5.74) is 0. The number of hydrogen-bond donors (Lipinski definition) is 1. The Labute approximate surface area is 76.5 Å². The zero-order chi connectivity index (χ0) is 9.23. The molecular formula is C11H22O. The van der Waals surface area contributed by atoms with Crippen molar-refractivity contribution in [1.29, 1.82) is 0 Å². The SMILES string of the molecule is CC/C=C\CCC(C)CCCO. The zero-order valence-electron chi connectivity index (χ0n) is 8.42. The molecule has 1 atom stereocenters. The fourth-order valence-corrected chi connectivity index (χ4v) is 1.25. The Morgan fingerprint density at radius 2 is 2.00 bits per heavy atom. The van der Waals surface area contributed by atoms with E-state index >= 15 is 0 Å². The molecule has 0 radical (unpaired) electrons. The molecule has 1 nitrogen and oxygen atoms in total. The van der Waals surface area contributed by atoms with Crippen molar-refractivity contribution >= 4 is 0 Å². The molecule has 1 unspecified atom stereocenters. The van der Waals surface area contributed by atoms with Crippen molar-refractivity contribution in [1.82, 2.24) is 0 Å². The van der Waals surface area contributed by atoms with E-state index in [0.717, 1.165) is 25.2 Å². The van der Waals surface area contributed by atoms with E-state index in [0.29, 0.717) is 6.61 Å². The highest BCUT2D eigenvalue weighted by atomic mass is 16.2. The predicted molar refractivity (Wildman–Crippen MR) is 54.1 cm³/mol. The minimum Gasteiger partial charge on any atom is -0.396 e. The van der Waals surface area contributed by atoms with E-state index in [9.17, 15) is 0 Å². The van der Waals surface area contributed by atoms with Crippen molar-refractivity contribution in [2.75, 3.05) is 6.61 Å². The van der Waals surface area contributed by atoms with Crippen LogP contribution in [0, 0.1) is 5.92 Å². The monoisotopic (exact) mass is 170 g/mol. The van der Waals surface area contributed by atoms with Crippen LogP contribution in [-0.4, -0.2) is 11.7 Å². The third-order valence-corrected chi connectivity index (χ3v) is 2.08. The molecular weight excluding hydrogens is 148 g/mol. The van der Waals surface area contributed by atoms with Gasteiger partial charge in [-0.25, -0.2) is 0 Å². The Morgan fingerprint density at radius 3 is 2.58 bits per heavy atom. The number of allylic oxidation sites excluding steroid dienone is 2. The molecule has 1 heteroatoms. The normalized spacial score (nSPS) is 13.9. The van der Waals surface area contributed by atoms with E-state index in [-0.39, 0.29) is 0 Å². The Balaban J connectivity index is 3.18. The second-order valence-corrected chi connectivity index (χ2v) is 3.43. The van der Waals surface area contributed by atoms with Gasteiger partial charge in [0.15, 0.2) is 0 Å². The van der Waals surface area contributed by atoms with Crippen molar-refractivity contribution in [2.24, 2.45) is 5.92 Å². The first-order valence-corrected chi connectivity index (χ1v) is 5.07. The highest BCUT2D eigenvalue weighted by molar-refractivity contribution is 4.80. The first-order valence-electron chi connectivity index (χ1n) is 5.07. The van der Waals surface area contributed by atoms with E-state index in [4.69, 9.17) is 5.11 Å². The Morgan fingerprint density at radius 1 is 1.25 bits per heavy atom. The van der Waals surface area contributed by atoms with Gasteiger partial charge in [-0.1, -0.05) is 26.0 Å². The van der Waals surface area contributed by atoms with Crippen LogP contribution in [0.3, 0.4) is 0 Å². The average Bonchev–Trinajstić information content (AvgIpc) is 2.09. The minimum atomic E-state index is 0.342. The molecule has 0 fully saturated rings. The van der Waals surface area contributed by atoms with Gasteiger partial charge in [-0.3, -0.25) is 0 Å². The third-order valence-electron chi connectivity index (χ3n) is 2.08. The summed E-state index contributed by atoms with van der Waals surface area (Å²) in [6, 6.07) is 0. The van der Waals surface area contributed by atoms with Crippen molar-refractivity contribution in [3.8, 4) is 0 Å². The van der Waals surface area contributed by atoms with Crippen LogP contribution in [0.4, 0.5) is 0 Å². The summed E-state index contributed by atoms with van der Waals surface area (Å²) >= 11 is 0. The molecule has 0 bridgehead atoms. The van der Waals surface area contributed by atoms with Gasteiger partial charge < -0.3 is 5.11 Å². The van der Waals surface area contributed by atoms with Crippen molar-refractivity contribution < 1.29 is 5.11 Å². The van der Waals surface area contributed by atoms with Crippen LogP contribution in [-0.2, 0) is 0 Å². The number of rotatable bonds is 7. The Bertz CT molecular complexity index is 108. The van der Waals surface area contributed by atoms with E-state index in [2.05, 4.69) is 26.0 Å². The summed E-state index contributed by atoms with van der Waals surface area (Å²) in [4.78, 5) is 0. The molecule has 0 spiro atoms. The molecule has 12 heavy (non-hydrogen) atoms. The molecule has 0 aromatic carbocycles. The molecule has 0 saturated carbocycles. The molecule has 0 aliphatic heterocycles. The predicted octanol–water partition coefficient (Wildman–Crippen LogP) is 3.14. The molecule has 0 rings (SSSR count). The number of hydrogen-bond acceptors (Lipinski definition) is 1. The van der Waals surface area contributed by atoms with Gasteiger partial charge in [0.05, 0.1) is 0 Å². The van der Waals surface area contributed by atoms with Gasteiger partial charge in [0.1, 0.15) is 0 Å². The summed E-state index contributed by atoms with van der Waals surface area (Å²) in [5, 5.41) is 8.61. The summed E-state index contributed by atoms with van der Waals surface area (Å²) < 4.78 is 0. The highest BCUT2D eigenvalue weighted by Crippen LogP contribution is 2.12. The Hall–Kier alpha value is -0.300. The highest BCUT2D eigenvalue weighted by Gasteiger charge is 1.98. The summed E-state index contributed by atoms with van der Waals surface area (Å²) in [7, 11) is 0. The van der Waals surface area contributed by atoms with Crippen LogP contribution in [0.1, 0.15) is 46.0 Å². The summed E-state index contributed by atoms with van der Waals surface area (Å²) in [5.74, 6) is 0.763. The van der Waals surface area contributed by atoms with Gasteiger partial charge in [0, 0.05) is 6.61 Å². The van der Waals surface area contributed by atoms with Gasteiger partial charge in [0.25, 0.3) is 0 Å². The largest absolute Gasteiger partial charge is 0.396 e. The van der Waals surface area contributed by atoms with Crippen LogP contribution in [0.2, 0.25) is 0 Å². The lowest BCUT2D eigenvalue weighted by molar-refractivity contribution is 0.272. The molecule has 0 aliphatic carbocycles. The first kappa shape index (κ1) is 11.7. The molecule has 0 heterocycles. The van der Waals surface area contributed by atoms with E-state index < -0.39 is 0 Å². The van der Waals surface area contributed by atoms with E-state index in [1.165, 1.54) is 12.8 Å². The molecule has 0 saturated heterocycles. The average molecular weight is 170 g/mol. The maximum atomic E-state index is 8.61. The second-order valence-electron chi connectivity index (χ2n) is 3.43. The lowest BCUT2D eigenvalue weighted by atomic mass is 10.00. The molecule has 0 amide bonds. The quantitative estimate of drug-likeness (QED) is 0.582. The van der Waals surface area contributed by atoms with Crippen molar-refractivity contribution in [3.05, 3.63) is 12.2 Å². The number of aliphatic hydroxyl groups is 1. The lowest BCUT2D eigenvalue weighted by Gasteiger charge is -2.07. The first-order chi connectivity index (χ1) is 5.81. The molecule has 0 aliphatic rings. The van der Waals surface area contributed by atoms with Crippen LogP contribution in [0.25, 0.3) is 0 Å². The van der Waals surface area contributed by atoms with Gasteiger partial charge in [-0.2, -0.15) is 0 Å². The van der Waals surface area contributed by atoms with Gasteiger partial charge in [0.2, 0.25) is 0 Å². The van der Waals surface area contributed by atoms with Crippen LogP contribution in [0.15, 0.2) is 12.2 Å². The fraction of sp³-hybridized carbons (Fsp3) is 0.818. The summed E-state index contributed by atoms with van der Waals surface area (Å²) in [6.45, 7) is 4.76. The summed E-state index contributed by atoms with van der Waals surface area (Å²) in [6.07, 6.45) is 10.2. The standard InChI is InChI=1S/C11H22O/c1-3-4-5-6-8-11(2)9-7-10-12/h4-5,11-12H,3,6-10H2,1-2H3/b5-4-. The topological polar surface area (TPSA) is 20.2 Å². The third kappa shape index (κ3) is 7.80. The van der Waals surface area contributed by atoms with Crippen LogP contribution >= 0.6 is 0 Å². The lowest BCUT2D eigenvalue weighted by Crippen LogP contribution is -1.95.